The topological polar surface area (TPSA) is 108 Å². The number of pyridine rings is 1. The summed E-state index contributed by atoms with van der Waals surface area (Å²) in [6, 6.07) is 18.5. The average molecular weight is 452 g/mol. The average Bonchev–Trinajstić information content (AvgIpc) is 3.32. The van der Waals surface area contributed by atoms with E-state index in [1.54, 1.807) is 24.3 Å². The van der Waals surface area contributed by atoms with E-state index in [2.05, 4.69) is 15.1 Å². The van der Waals surface area contributed by atoms with Gasteiger partial charge in [-0.2, -0.15) is 4.98 Å². The van der Waals surface area contributed by atoms with Gasteiger partial charge in [0.2, 0.25) is 5.88 Å². The van der Waals surface area contributed by atoms with Crippen LogP contribution in [0.2, 0.25) is 0 Å². The lowest BCUT2D eigenvalue weighted by Crippen LogP contribution is -2.31. The molecule has 0 aliphatic heterocycles. The molecule has 0 atom stereocenters. The van der Waals surface area contributed by atoms with E-state index in [1.165, 1.54) is 36.9 Å². The summed E-state index contributed by atoms with van der Waals surface area (Å²) < 4.78 is 43.7. The molecule has 0 radical (unpaired) electrons. The van der Waals surface area contributed by atoms with E-state index < -0.39 is 10.0 Å². The Hall–Kier alpha value is -3.92. The molecule has 0 saturated heterocycles. The molecule has 4 aromatic rings. The number of nitrogens with zero attached hydrogens (tertiary/aromatic N) is 4. The molecule has 0 aliphatic rings. The molecular weight excluding hydrogens is 432 g/mol. The molecule has 0 amide bonds. The Bertz CT molecular complexity index is 1270. The fraction of sp³-hybridized carbons (Fsp3) is 0.136. The highest BCUT2D eigenvalue weighted by atomic mass is 32.2. The van der Waals surface area contributed by atoms with Crippen LogP contribution in [0, 0.1) is 0 Å². The molecule has 10 heteroatoms. The normalized spacial score (nSPS) is 11.2. The summed E-state index contributed by atoms with van der Waals surface area (Å²) in [6.07, 6.45) is 1.41. The van der Waals surface area contributed by atoms with Crippen molar-refractivity contribution in [3.8, 4) is 23.1 Å². The van der Waals surface area contributed by atoms with Gasteiger partial charge in [-0.25, -0.2) is 13.4 Å². The molecule has 9 nitrogen and oxygen atoms in total. The molecule has 164 valence electrons. The highest BCUT2D eigenvalue weighted by molar-refractivity contribution is 7.92. The highest BCUT2D eigenvalue weighted by Gasteiger charge is 2.27. The van der Waals surface area contributed by atoms with Gasteiger partial charge in [-0.15, -0.1) is 0 Å². The van der Waals surface area contributed by atoms with Crippen LogP contribution >= 0.6 is 0 Å². The largest absolute Gasteiger partial charge is 0.497 e. The van der Waals surface area contributed by atoms with Gasteiger partial charge in [-0.3, -0.25) is 4.31 Å². The summed E-state index contributed by atoms with van der Waals surface area (Å²) in [4.78, 5) is 8.58. The molecule has 4 rings (SSSR count). The Morgan fingerprint density at radius 2 is 1.69 bits per heavy atom. The smallest absolute Gasteiger partial charge is 0.264 e. The van der Waals surface area contributed by atoms with Crippen LogP contribution in [-0.2, 0) is 16.6 Å². The molecule has 2 aromatic carbocycles. The highest BCUT2D eigenvalue weighted by Crippen LogP contribution is 2.28. The molecule has 0 saturated carbocycles. The van der Waals surface area contributed by atoms with Crippen LogP contribution in [0.25, 0.3) is 11.5 Å². The summed E-state index contributed by atoms with van der Waals surface area (Å²) in [7, 11) is -0.979. The first-order chi connectivity index (χ1) is 15.5. The third kappa shape index (κ3) is 4.40. The first-order valence-corrected chi connectivity index (χ1v) is 11.0. The summed E-state index contributed by atoms with van der Waals surface area (Å²) in [6.45, 7) is -0.154. The minimum absolute atomic E-state index is 0.0842. The Balaban J connectivity index is 1.71. The van der Waals surface area contributed by atoms with E-state index in [4.69, 9.17) is 14.0 Å². The van der Waals surface area contributed by atoms with Gasteiger partial charge in [0.1, 0.15) is 5.75 Å². The van der Waals surface area contributed by atoms with Gasteiger partial charge < -0.3 is 14.0 Å². The minimum Gasteiger partial charge on any atom is -0.497 e. The Kier molecular flexibility index (Phi) is 6.04. The molecule has 32 heavy (non-hydrogen) atoms. The minimum atomic E-state index is -3.98. The van der Waals surface area contributed by atoms with Gasteiger partial charge in [0, 0.05) is 11.6 Å². The van der Waals surface area contributed by atoms with Crippen LogP contribution < -0.4 is 13.8 Å². The lowest BCUT2D eigenvalue weighted by molar-refractivity contribution is 0.398. The van der Waals surface area contributed by atoms with Crippen LogP contribution in [0.3, 0.4) is 0 Å². The quantitative estimate of drug-likeness (QED) is 0.399. The number of ether oxygens (including phenoxy) is 2. The summed E-state index contributed by atoms with van der Waals surface area (Å²) in [5.41, 5.74) is 1.06. The number of hydrogen-bond acceptors (Lipinski definition) is 8. The van der Waals surface area contributed by atoms with Gasteiger partial charge in [0.15, 0.2) is 5.82 Å². The van der Waals surface area contributed by atoms with Crippen molar-refractivity contribution >= 4 is 15.7 Å². The van der Waals surface area contributed by atoms with Crippen molar-refractivity contribution in [2.45, 2.75) is 11.4 Å². The third-order valence-corrected chi connectivity index (χ3v) is 6.43. The van der Waals surface area contributed by atoms with Crippen LogP contribution in [0.1, 0.15) is 5.82 Å². The number of aromatic nitrogens is 3. The molecule has 0 N–H and O–H groups in total. The molecule has 0 bridgehead atoms. The maximum absolute atomic E-state index is 13.5. The molecular formula is C22H20N4O5S. The molecule has 2 aromatic heterocycles. The van der Waals surface area contributed by atoms with Crippen molar-refractivity contribution < 1.29 is 22.4 Å². The van der Waals surface area contributed by atoms with E-state index in [-0.39, 0.29) is 17.3 Å². The maximum atomic E-state index is 13.5. The predicted octanol–water partition coefficient (Wildman–Crippen LogP) is 3.54. The Labute approximate surface area is 185 Å². The van der Waals surface area contributed by atoms with Crippen molar-refractivity contribution in [3.63, 3.8) is 0 Å². The van der Waals surface area contributed by atoms with E-state index >= 15 is 0 Å². The van der Waals surface area contributed by atoms with Crippen molar-refractivity contribution in [1.29, 1.82) is 0 Å². The third-order valence-electron chi connectivity index (χ3n) is 4.64. The van der Waals surface area contributed by atoms with Crippen LogP contribution in [0.15, 0.2) is 82.3 Å². The van der Waals surface area contributed by atoms with Gasteiger partial charge in [0.25, 0.3) is 15.9 Å². The Morgan fingerprint density at radius 1 is 0.938 bits per heavy atom. The summed E-state index contributed by atoms with van der Waals surface area (Å²) in [5.74, 6) is 1.42. The van der Waals surface area contributed by atoms with Gasteiger partial charge in [-0.05, 0) is 42.5 Å². The molecule has 2 heterocycles. The van der Waals surface area contributed by atoms with Gasteiger partial charge in [0.05, 0.1) is 37.5 Å². The van der Waals surface area contributed by atoms with E-state index in [9.17, 15) is 8.42 Å². The number of rotatable bonds is 8. The van der Waals surface area contributed by atoms with Gasteiger partial charge in [-0.1, -0.05) is 23.4 Å². The number of hydrogen-bond donors (Lipinski definition) is 0. The number of benzene rings is 2. The number of methoxy groups -OCH3 is 2. The fourth-order valence-corrected chi connectivity index (χ4v) is 4.38. The monoisotopic (exact) mass is 452 g/mol. The lowest BCUT2D eigenvalue weighted by atomic mass is 10.2. The molecule has 0 unspecified atom stereocenters. The molecule has 0 spiro atoms. The van der Waals surface area contributed by atoms with Crippen molar-refractivity contribution in [1.82, 2.24) is 15.1 Å². The van der Waals surface area contributed by atoms with Crippen LogP contribution in [0.5, 0.6) is 11.6 Å². The zero-order chi connectivity index (χ0) is 22.6. The zero-order valence-corrected chi connectivity index (χ0v) is 18.2. The van der Waals surface area contributed by atoms with Crippen molar-refractivity contribution in [3.05, 3.63) is 78.8 Å². The number of anilines is 1. The molecule has 0 fully saturated rings. The van der Waals surface area contributed by atoms with E-state index in [0.717, 1.165) is 5.56 Å². The summed E-state index contributed by atoms with van der Waals surface area (Å²) in [5, 5.41) is 3.97. The van der Waals surface area contributed by atoms with E-state index in [0.29, 0.717) is 23.2 Å². The second-order valence-electron chi connectivity index (χ2n) is 6.63. The Morgan fingerprint density at radius 3 is 2.31 bits per heavy atom. The first-order valence-electron chi connectivity index (χ1n) is 9.56. The summed E-state index contributed by atoms with van der Waals surface area (Å²) >= 11 is 0. The van der Waals surface area contributed by atoms with Crippen molar-refractivity contribution in [2.24, 2.45) is 0 Å². The maximum Gasteiger partial charge on any atom is 0.264 e. The molecule has 0 aliphatic carbocycles. The van der Waals surface area contributed by atoms with E-state index in [1.807, 2.05) is 30.3 Å². The zero-order valence-electron chi connectivity index (χ0n) is 17.4. The van der Waals surface area contributed by atoms with Crippen LogP contribution in [-0.4, -0.2) is 37.8 Å². The SMILES string of the molecule is COc1ccc(S(=O)(=O)N(Cc2noc(-c3ccccc3)n2)c2ccc(OC)nc2)cc1. The second kappa shape index (κ2) is 9.06. The lowest BCUT2D eigenvalue weighted by Gasteiger charge is -2.23. The van der Waals surface area contributed by atoms with Crippen molar-refractivity contribution in [2.75, 3.05) is 18.5 Å². The van der Waals surface area contributed by atoms with Gasteiger partial charge >= 0.3 is 0 Å². The standard InChI is InChI=1S/C22H20N4O5S/c1-29-18-9-11-19(12-10-18)32(27,28)26(17-8-13-21(30-2)23-14-17)15-20-24-22(31-25-20)16-6-4-3-5-7-16/h3-14H,15H2,1-2H3. The second-order valence-corrected chi connectivity index (χ2v) is 8.49. The predicted molar refractivity (Wildman–Crippen MR) is 117 cm³/mol. The number of sulfonamides is 1. The fourth-order valence-electron chi connectivity index (χ4n) is 2.98. The first kappa shape index (κ1) is 21.3. The van der Waals surface area contributed by atoms with Crippen LogP contribution in [0.4, 0.5) is 5.69 Å².